The van der Waals surface area contributed by atoms with Gasteiger partial charge in [-0.25, -0.2) is 9.37 Å². The van der Waals surface area contributed by atoms with Crippen molar-refractivity contribution in [2.24, 2.45) is 0 Å². The normalized spacial score (nSPS) is 16.9. The molecule has 1 amide bonds. The van der Waals surface area contributed by atoms with Crippen LogP contribution in [0.4, 0.5) is 10.2 Å². The molecule has 0 aliphatic carbocycles. The maximum atomic E-state index is 12.6. The number of carbonyl (C=O) groups excluding carboxylic acids is 1. The van der Waals surface area contributed by atoms with Crippen molar-refractivity contribution in [3.8, 4) is 22.3 Å². The predicted octanol–water partition coefficient (Wildman–Crippen LogP) is 4.43. The molecule has 2 aliphatic heterocycles. The lowest BCUT2D eigenvalue weighted by Crippen LogP contribution is -2.34. The van der Waals surface area contributed by atoms with Crippen molar-refractivity contribution >= 4 is 11.7 Å². The second-order valence-corrected chi connectivity index (χ2v) is 8.96. The van der Waals surface area contributed by atoms with Gasteiger partial charge in [0.25, 0.3) is 5.91 Å². The van der Waals surface area contributed by atoms with Crippen molar-refractivity contribution < 1.29 is 9.18 Å². The lowest BCUT2D eigenvalue weighted by Gasteiger charge is -2.31. The van der Waals surface area contributed by atoms with Crippen molar-refractivity contribution in [1.29, 1.82) is 0 Å². The highest BCUT2D eigenvalue weighted by Crippen LogP contribution is 2.33. The van der Waals surface area contributed by atoms with Gasteiger partial charge in [-0.05, 0) is 72.7 Å². The van der Waals surface area contributed by atoms with E-state index >= 15 is 0 Å². The van der Waals surface area contributed by atoms with Crippen LogP contribution in [0.5, 0.6) is 0 Å². The minimum Gasteiger partial charge on any atom is -0.383 e. The Kier molecular flexibility index (Phi) is 6.09. The molecule has 0 unspecified atom stereocenters. The van der Waals surface area contributed by atoms with Gasteiger partial charge in [-0.2, -0.15) is 0 Å². The first-order valence-electron chi connectivity index (χ1n) is 11.7. The maximum absolute atomic E-state index is 12.6. The molecule has 3 aromatic rings. The summed E-state index contributed by atoms with van der Waals surface area (Å²) in [5, 5.41) is 2.88. The number of fused-ring (bicyclic) bond motifs is 1. The Morgan fingerprint density at radius 2 is 1.76 bits per heavy atom. The number of benzene rings is 2. The molecule has 170 valence electrons. The van der Waals surface area contributed by atoms with E-state index in [1.54, 1.807) is 0 Å². The smallest absolute Gasteiger partial charge is 0.251 e. The number of nitrogen functional groups attached to an aromatic ring is 1. The molecule has 3 N–H and O–H groups in total. The second kappa shape index (κ2) is 9.32. The fourth-order valence-corrected chi connectivity index (χ4v) is 5.02. The van der Waals surface area contributed by atoms with E-state index < -0.39 is 0 Å². The topological polar surface area (TPSA) is 71.2 Å². The van der Waals surface area contributed by atoms with Crippen molar-refractivity contribution in [3.63, 3.8) is 0 Å². The van der Waals surface area contributed by atoms with Crippen molar-refractivity contribution in [3.05, 3.63) is 71.4 Å². The maximum Gasteiger partial charge on any atom is 0.251 e. The summed E-state index contributed by atoms with van der Waals surface area (Å²) in [5.41, 5.74) is 13.3. The quantitative estimate of drug-likeness (QED) is 0.611. The summed E-state index contributed by atoms with van der Waals surface area (Å²) in [6, 6.07) is 16.7. The molecule has 0 saturated carbocycles. The number of piperidine rings is 1. The zero-order chi connectivity index (χ0) is 22.8. The molecule has 5 rings (SSSR count). The average molecular weight is 445 g/mol. The van der Waals surface area contributed by atoms with Crippen LogP contribution in [0.25, 0.3) is 22.3 Å². The summed E-state index contributed by atoms with van der Waals surface area (Å²) in [5.74, 6) is 0.995. The van der Waals surface area contributed by atoms with Gasteiger partial charge in [0.1, 0.15) is 12.5 Å². The molecular formula is C27H29FN4O. The zero-order valence-corrected chi connectivity index (χ0v) is 18.7. The first-order valence-corrected chi connectivity index (χ1v) is 11.7. The minimum atomic E-state index is -0.266. The van der Waals surface area contributed by atoms with Crippen molar-refractivity contribution in [2.75, 3.05) is 38.6 Å². The number of alkyl halides is 1. The number of likely N-dealkylation sites (tertiary alicyclic amines) is 1. The molecule has 6 heteroatoms. The van der Waals surface area contributed by atoms with E-state index in [2.05, 4.69) is 51.6 Å². The highest BCUT2D eigenvalue weighted by atomic mass is 19.1. The lowest BCUT2D eigenvalue weighted by atomic mass is 9.88. The van der Waals surface area contributed by atoms with E-state index in [4.69, 9.17) is 5.73 Å². The third kappa shape index (κ3) is 4.48. The summed E-state index contributed by atoms with van der Waals surface area (Å²) >= 11 is 0. The molecule has 0 bridgehead atoms. The third-order valence-electron chi connectivity index (χ3n) is 6.96. The SMILES string of the molecule is Nc1ncc(-c2ccc(C3CCN(CCF)CC3)cc2)cc1-c1ccc2c(c1)CCNC2=O. The van der Waals surface area contributed by atoms with E-state index in [1.807, 2.05) is 18.3 Å². The number of anilines is 1. The van der Waals surface area contributed by atoms with Gasteiger partial charge >= 0.3 is 0 Å². The Labute approximate surface area is 193 Å². The summed E-state index contributed by atoms with van der Waals surface area (Å²) < 4.78 is 12.6. The molecule has 1 fully saturated rings. The van der Waals surface area contributed by atoms with Gasteiger partial charge in [0.05, 0.1) is 0 Å². The fourth-order valence-electron chi connectivity index (χ4n) is 5.02. The van der Waals surface area contributed by atoms with E-state index in [-0.39, 0.29) is 12.6 Å². The molecule has 0 radical (unpaired) electrons. The number of hydrogen-bond donors (Lipinski definition) is 2. The number of nitrogens with one attached hydrogen (secondary N) is 1. The molecule has 33 heavy (non-hydrogen) atoms. The molecule has 0 atom stereocenters. The lowest BCUT2D eigenvalue weighted by molar-refractivity contribution is 0.0946. The summed E-state index contributed by atoms with van der Waals surface area (Å²) in [6.07, 6.45) is 4.78. The molecular weight excluding hydrogens is 415 g/mol. The van der Waals surface area contributed by atoms with E-state index in [1.165, 1.54) is 5.56 Å². The fraction of sp³-hybridized carbons (Fsp3) is 0.333. The van der Waals surface area contributed by atoms with Crippen LogP contribution < -0.4 is 11.1 Å². The molecule has 5 nitrogen and oxygen atoms in total. The Morgan fingerprint density at radius 1 is 1.00 bits per heavy atom. The van der Waals surface area contributed by atoms with Gasteiger partial charge in [0.2, 0.25) is 0 Å². The Bertz CT molecular complexity index is 1150. The number of halogens is 1. The number of hydrogen-bond acceptors (Lipinski definition) is 4. The second-order valence-electron chi connectivity index (χ2n) is 8.96. The standard InChI is InChI=1S/C27H29FN4O/c28-10-14-32-12-8-20(9-13-32)18-1-3-19(4-2-18)23-16-25(26(29)31-17-23)21-5-6-24-22(15-21)7-11-30-27(24)33/h1-6,15-17,20H,7-14H2,(H2,29,31)(H,30,33). The van der Waals surface area contributed by atoms with Crippen LogP contribution >= 0.6 is 0 Å². The molecule has 1 saturated heterocycles. The average Bonchev–Trinajstić information content (AvgIpc) is 2.85. The van der Waals surface area contributed by atoms with Crippen LogP contribution in [0.2, 0.25) is 0 Å². The number of nitrogens with zero attached hydrogens (tertiary/aromatic N) is 2. The molecule has 0 spiro atoms. The van der Waals surface area contributed by atoms with Crippen molar-refractivity contribution in [1.82, 2.24) is 15.2 Å². The van der Waals surface area contributed by atoms with Crippen molar-refractivity contribution in [2.45, 2.75) is 25.2 Å². The van der Waals surface area contributed by atoms with Crippen LogP contribution in [0.15, 0.2) is 54.7 Å². The number of nitrogens with two attached hydrogens (primary N) is 1. The molecule has 1 aromatic heterocycles. The number of aromatic nitrogens is 1. The molecule has 2 aliphatic rings. The Morgan fingerprint density at radius 3 is 2.52 bits per heavy atom. The van der Waals surface area contributed by atoms with Gasteiger partial charge in [-0.1, -0.05) is 36.4 Å². The van der Waals surface area contributed by atoms with Crippen LogP contribution in [0, 0.1) is 0 Å². The zero-order valence-electron chi connectivity index (χ0n) is 18.7. The summed E-state index contributed by atoms with van der Waals surface area (Å²) in [7, 11) is 0. The first-order chi connectivity index (χ1) is 16.1. The minimum absolute atomic E-state index is 0.0178. The summed E-state index contributed by atoms with van der Waals surface area (Å²) in [4.78, 5) is 18.7. The highest BCUT2D eigenvalue weighted by Gasteiger charge is 2.21. The van der Waals surface area contributed by atoms with Crippen LogP contribution in [0.1, 0.15) is 40.2 Å². The Hall–Kier alpha value is -3.25. The molecule has 2 aromatic carbocycles. The van der Waals surface area contributed by atoms with Gasteiger partial charge in [0.15, 0.2) is 0 Å². The third-order valence-corrected chi connectivity index (χ3v) is 6.96. The van der Waals surface area contributed by atoms with Crippen LogP contribution in [-0.2, 0) is 6.42 Å². The largest absolute Gasteiger partial charge is 0.383 e. The van der Waals surface area contributed by atoms with Gasteiger partial charge < -0.3 is 16.0 Å². The van der Waals surface area contributed by atoms with Crippen LogP contribution in [0.3, 0.4) is 0 Å². The van der Waals surface area contributed by atoms with E-state index in [0.717, 1.165) is 65.7 Å². The predicted molar refractivity (Wildman–Crippen MR) is 130 cm³/mol. The van der Waals surface area contributed by atoms with Gasteiger partial charge in [0, 0.05) is 36.0 Å². The highest BCUT2D eigenvalue weighted by molar-refractivity contribution is 5.97. The van der Waals surface area contributed by atoms with Crippen LogP contribution in [-0.4, -0.2) is 48.6 Å². The number of pyridine rings is 1. The van der Waals surface area contributed by atoms with E-state index in [0.29, 0.717) is 24.8 Å². The number of amides is 1. The van der Waals surface area contributed by atoms with E-state index in [9.17, 15) is 9.18 Å². The summed E-state index contributed by atoms with van der Waals surface area (Å²) in [6.45, 7) is 2.87. The van der Waals surface area contributed by atoms with Gasteiger partial charge in [-0.3, -0.25) is 4.79 Å². The monoisotopic (exact) mass is 444 g/mol. The number of rotatable bonds is 5. The Balaban J connectivity index is 1.37. The first kappa shape index (κ1) is 21.6. The number of carbonyl (C=O) groups is 1. The molecule has 3 heterocycles. The van der Waals surface area contributed by atoms with Gasteiger partial charge in [-0.15, -0.1) is 0 Å².